The molecule has 0 saturated carbocycles. The average Bonchev–Trinajstić information content (AvgIpc) is 2.58. The number of hydrogen-bond donors (Lipinski definition) is 4. The zero-order chi connectivity index (χ0) is 20.4. The number of amides is 3. The monoisotopic (exact) mass is 358 g/mol. The highest BCUT2D eigenvalue weighted by Crippen LogP contribution is 2.08. The van der Waals surface area contributed by atoms with E-state index in [1.807, 2.05) is 55.4 Å². The molecule has 0 spiro atoms. The number of nitrogens with one attached hydrogen (secondary N) is 3. The van der Waals surface area contributed by atoms with Crippen LogP contribution in [0.2, 0.25) is 0 Å². The molecule has 6 heteroatoms. The molecule has 0 rings (SSSR count). The van der Waals surface area contributed by atoms with Gasteiger partial charge in [-0.25, -0.2) is 4.79 Å². The molecule has 0 aromatic carbocycles. The molecule has 0 bridgehead atoms. The first-order chi connectivity index (χ1) is 11.8. The predicted molar refractivity (Wildman–Crippen MR) is 109 cm³/mol. The highest BCUT2D eigenvalue weighted by atomic mass is 16.2. The van der Waals surface area contributed by atoms with Gasteiger partial charge in [-0.1, -0.05) is 60.6 Å². The largest absolute Gasteiger partial charge is 0.352 e. The van der Waals surface area contributed by atoms with Crippen LogP contribution in [0.15, 0.2) is 12.2 Å². The molecule has 150 valence electrons. The van der Waals surface area contributed by atoms with Crippen LogP contribution in [-0.2, 0) is 4.79 Å². The van der Waals surface area contributed by atoms with E-state index in [2.05, 4.69) is 22.5 Å². The third-order valence-electron chi connectivity index (χ3n) is 3.25. The quantitative estimate of drug-likeness (QED) is 0.357. The summed E-state index contributed by atoms with van der Waals surface area (Å²) in [6.45, 7) is 21.1. The van der Waals surface area contributed by atoms with Crippen LogP contribution in [0.4, 0.5) is 4.79 Å². The smallest absolute Gasteiger partial charge is 0.312 e. The zero-order valence-corrected chi connectivity index (χ0v) is 17.7. The molecule has 5 N–H and O–H groups in total. The van der Waals surface area contributed by atoms with E-state index in [1.54, 1.807) is 0 Å². The minimum Gasteiger partial charge on any atom is -0.352 e. The van der Waals surface area contributed by atoms with Gasteiger partial charge in [0.2, 0.25) is 5.91 Å². The van der Waals surface area contributed by atoms with Crippen molar-refractivity contribution in [2.45, 2.75) is 80.3 Å². The van der Waals surface area contributed by atoms with Crippen LogP contribution < -0.4 is 21.7 Å². The summed E-state index contributed by atoms with van der Waals surface area (Å²) in [5.74, 6) is 0.204. The second kappa shape index (κ2) is 18.8. The van der Waals surface area contributed by atoms with Gasteiger partial charge >= 0.3 is 6.03 Å². The Hall–Kier alpha value is -1.56. The van der Waals surface area contributed by atoms with Crippen molar-refractivity contribution in [2.75, 3.05) is 13.1 Å². The molecule has 2 atom stereocenters. The maximum atomic E-state index is 12.3. The first-order valence-electron chi connectivity index (χ1n) is 9.52. The number of urea groups is 1. The minimum atomic E-state index is -0.530. The molecule has 0 heterocycles. The van der Waals surface area contributed by atoms with Gasteiger partial charge in [-0.05, 0) is 32.2 Å². The molecular weight excluding hydrogens is 316 g/mol. The lowest BCUT2D eigenvalue weighted by atomic mass is 10.0. The molecule has 0 aliphatic heterocycles. The van der Waals surface area contributed by atoms with Crippen LogP contribution in [-0.4, -0.2) is 37.1 Å². The van der Waals surface area contributed by atoms with Crippen LogP contribution in [0.3, 0.4) is 0 Å². The maximum absolute atomic E-state index is 12.3. The van der Waals surface area contributed by atoms with Crippen molar-refractivity contribution in [1.29, 1.82) is 0 Å². The van der Waals surface area contributed by atoms with E-state index in [1.165, 1.54) is 0 Å². The Bertz CT molecular complexity index is 357. The molecule has 0 aromatic heterocycles. The zero-order valence-electron chi connectivity index (χ0n) is 17.7. The molecule has 0 aromatic rings. The number of hydrogen-bond acceptors (Lipinski definition) is 3. The van der Waals surface area contributed by atoms with Crippen molar-refractivity contribution in [3.05, 3.63) is 12.2 Å². The topological polar surface area (TPSA) is 96.2 Å². The lowest BCUT2D eigenvalue weighted by Crippen LogP contribution is -2.50. The van der Waals surface area contributed by atoms with Crippen LogP contribution in [0, 0.1) is 5.92 Å². The summed E-state index contributed by atoms with van der Waals surface area (Å²) in [7, 11) is 0. The second-order valence-corrected chi connectivity index (χ2v) is 5.62. The SMILES string of the molecule is C=C(C)C(CCCNC(N)=O)NC(=O)C(NCC)C(C)C.CC.CC. The standard InChI is InChI=1S/C15H30N4O2.2C2H6/c1-6-17-13(11(4)5)14(20)19-12(10(2)3)8-7-9-18-15(16)21;2*1-2/h11-13,17H,2,6-9H2,1,3-5H3,(H,19,20)(H3,16,18,21);2*1-2H3. The second-order valence-electron chi connectivity index (χ2n) is 5.62. The molecule has 0 aliphatic rings. The summed E-state index contributed by atoms with van der Waals surface area (Å²) in [5.41, 5.74) is 5.91. The molecule has 0 fully saturated rings. The fraction of sp³-hybridized carbons (Fsp3) is 0.789. The number of primary amides is 1. The molecule has 6 nitrogen and oxygen atoms in total. The molecular formula is C19H42N4O2. The molecule has 2 unspecified atom stereocenters. The van der Waals surface area contributed by atoms with E-state index in [0.717, 1.165) is 25.0 Å². The van der Waals surface area contributed by atoms with Gasteiger partial charge < -0.3 is 21.7 Å². The first-order valence-corrected chi connectivity index (χ1v) is 9.52. The highest BCUT2D eigenvalue weighted by molar-refractivity contribution is 5.82. The van der Waals surface area contributed by atoms with Crippen LogP contribution in [0.25, 0.3) is 0 Å². The van der Waals surface area contributed by atoms with E-state index in [-0.39, 0.29) is 23.9 Å². The van der Waals surface area contributed by atoms with Crippen LogP contribution >= 0.6 is 0 Å². The number of carbonyl (C=O) groups excluding carboxylic acids is 2. The number of nitrogens with two attached hydrogens (primary N) is 1. The van der Waals surface area contributed by atoms with E-state index in [4.69, 9.17) is 5.73 Å². The number of likely N-dealkylation sites (N-methyl/N-ethyl adjacent to an activating group) is 1. The third kappa shape index (κ3) is 15.7. The summed E-state index contributed by atoms with van der Waals surface area (Å²) in [6.07, 6.45) is 1.45. The summed E-state index contributed by atoms with van der Waals surface area (Å²) < 4.78 is 0. The Kier molecular flexibility index (Phi) is 21.2. The van der Waals surface area contributed by atoms with Crippen LogP contribution in [0.1, 0.15) is 68.2 Å². The van der Waals surface area contributed by atoms with E-state index >= 15 is 0 Å². The van der Waals surface area contributed by atoms with Gasteiger partial charge in [0.15, 0.2) is 0 Å². The lowest BCUT2D eigenvalue weighted by Gasteiger charge is -2.25. The maximum Gasteiger partial charge on any atom is 0.312 e. The average molecular weight is 359 g/mol. The molecule has 0 saturated heterocycles. The fourth-order valence-electron chi connectivity index (χ4n) is 2.07. The lowest BCUT2D eigenvalue weighted by molar-refractivity contribution is -0.124. The summed E-state index contributed by atoms with van der Waals surface area (Å²) in [4.78, 5) is 22.9. The Morgan fingerprint density at radius 2 is 1.64 bits per heavy atom. The van der Waals surface area contributed by atoms with Crippen molar-refractivity contribution in [1.82, 2.24) is 16.0 Å². The summed E-state index contributed by atoms with van der Waals surface area (Å²) >= 11 is 0. The van der Waals surface area contributed by atoms with Gasteiger partial charge in [0, 0.05) is 12.6 Å². The minimum absolute atomic E-state index is 0.0114. The highest BCUT2D eigenvalue weighted by Gasteiger charge is 2.23. The third-order valence-corrected chi connectivity index (χ3v) is 3.25. The van der Waals surface area contributed by atoms with E-state index in [9.17, 15) is 9.59 Å². The van der Waals surface area contributed by atoms with Crippen LogP contribution in [0.5, 0.6) is 0 Å². The van der Waals surface area contributed by atoms with Crippen molar-refractivity contribution in [3.8, 4) is 0 Å². The normalized spacial score (nSPS) is 11.9. The van der Waals surface area contributed by atoms with Crippen molar-refractivity contribution >= 4 is 11.9 Å². The number of rotatable bonds is 10. The van der Waals surface area contributed by atoms with Crippen molar-refractivity contribution in [2.24, 2.45) is 11.7 Å². The molecule has 3 amide bonds. The predicted octanol–water partition coefficient (Wildman–Crippen LogP) is 3.18. The van der Waals surface area contributed by atoms with Gasteiger partial charge in [0.05, 0.1) is 6.04 Å². The summed E-state index contributed by atoms with van der Waals surface area (Å²) in [5, 5.41) is 8.76. The first kappa shape index (κ1) is 28.3. The van der Waals surface area contributed by atoms with Crippen molar-refractivity contribution in [3.63, 3.8) is 0 Å². The summed E-state index contributed by atoms with van der Waals surface area (Å²) in [6, 6.07) is -0.828. The molecule has 25 heavy (non-hydrogen) atoms. The van der Waals surface area contributed by atoms with Gasteiger partial charge in [0.25, 0.3) is 0 Å². The Labute approximate surface area is 155 Å². The molecule has 0 aliphatic carbocycles. The Balaban J connectivity index is -0.00000112. The van der Waals surface area contributed by atoms with E-state index < -0.39 is 6.03 Å². The van der Waals surface area contributed by atoms with Crippen molar-refractivity contribution < 1.29 is 9.59 Å². The van der Waals surface area contributed by atoms with E-state index in [0.29, 0.717) is 6.54 Å². The van der Waals surface area contributed by atoms with Gasteiger partial charge in [-0.15, -0.1) is 0 Å². The Morgan fingerprint density at radius 3 is 2.00 bits per heavy atom. The van der Waals surface area contributed by atoms with Gasteiger partial charge in [-0.2, -0.15) is 0 Å². The van der Waals surface area contributed by atoms with Gasteiger partial charge in [0.1, 0.15) is 0 Å². The fourth-order valence-corrected chi connectivity index (χ4v) is 2.07. The van der Waals surface area contributed by atoms with Gasteiger partial charge in [-0.3, -0.25) is 4.79 Å². The number of carbonyl (C=O) groups is 2. The Morgan fingerprint density at radius 1 is 1.12 bits per heavy atom. The molecule has 0 radical (unpaired) electrons.